The van der Waals surface area contributed by atoms with Crippen LogP contribution in [0.25, 0.3) is 21.3 Å². The first-order valence-corrected chi connectivity index (χ1v) is 8.43. The molecule has 0 bridgehead atoms. The van der Waals surface area contributed by atoms with Crippen molar-refractivity contribution in [2.24, 2.45) is 0 Å². The number of nitrogens with one attached hydrogen (secondary N) is 1. The van der Waals surface area contributed by atoms with Crippen LogP contribution >= 0.6 is 11.3 Å². The average Bonchev–Trinajstić information content (AvgIpc) is 3.09. The number of aryl methyl sites for hydroxylation is 3. The summed E-state index contributed by atoms with van der Waals surface area (Å²) in [7, 11) is 0. The number of non-ortho nitro benzene ring substituents is 1. The molecule has 0 aliphatic carbocycles. The van der Waals surface area contributed by atoms with Crippen molar-refractivity contribution in [3.8, 4) is 0 Å². The summed E-state index contributed by atoms with van der Waals surface area (Å²) in [5.41, 5.74) is 4.90. The van der Waals surface area contributed by atoms with E-state index in [0.717, 1.165) is 26.9 Å². The molecule has 0 spiro atoms. The molecule has 1 N–H and O–H groups in total. The van der Waals surface area contributed by atoms with Gasteiger partial charge in [-0.05, 0) is 55.7 Å². The highest BCUT2D eigenvalue weighted by Gasteiger charge is 2.18. The number of fused-ring (bicyclic) bond motifs is 2. The maximum Gasteiger partial charge on any atom is 0.302 e. The normalized spacial score (nSPS) is 11.3. The van der Waals surface area contributed by atoms with Gasteiger partial charge in [0.25, 0.3) is 5.69 Å². The number of nitrogens with zero attached hydrogens (tertiary/aromatic N) is 3. The van der Waals surface area contributed by atoms with Gasteiger partial charge in [-0.25, -0.2) is 4.98 Å². The minimum atomic E-state index is -0.413. The predicted octanol–water partition coefficient (Wildman–Crippen LogP) is 5.01. The van der Waals surface area contributed by atoms with Gasteiger partial charge in [-0.2, -0.15) is 4.98 Å². The van der Waals surface area contributed by atoms with Crippen LogP contribution in [-0.2, 0) is 0 Å². The van der Waals surface area contributed by atoms with Crippen molar-refractivity contribution in [3.05, 3.63) is 51.1 Å². The number of nitro benzene ring substituents is 1. The first-order valence-electron chi connectivity index (χ1n) is 7.61. The molecule has 25 heavy (non-hydrogen) atoms. The third-order valence-corrected chi connectivity index (χ3v) is 4.95. The number of rotatable bonds is 3. The summed E-state index contributed by atoms with van der Waals surface area (Å²) in [6.45, 7) is 5.86. The minimum Gasteiger partial charge on any atom is -0.423 e. The maximum absolute atomic E-state index is 11.2. The van der Waals surface area contributed by atoms with Crippen molar-refractivity contribution >= 4 is 49.5 Å². The third kappa shape index (κ3) is 2.70. The molecule has 0 fully saturated rings. The van der Waals surface area contributed by atoms with Gasteiger partial charge in [0.1, 0.15) is 5.52 Å². The quantitative estimate of drug-likeness (QED) is 0.410. The van der Waals surface area contributed by atoms with E-state index in [-0.39, 0.29) is 5.69 Å². The number of hydrogen-bond donors (Lipinski definition) is 1. The Labute approximate surface area is 146 Å². The van der Waals surface area contributed by atoms with Gasteiger partial charge in [0.05, 0.1) is 9.62 Å². The summed E-state index contributed by atoms with van der Waals surface area (Å²) >= 11 is 1.33. The van der Waals surface area contributed by atoms with Crippen LogP contribution < -0.4 is 5.32 Å². The van der Waals surface area contributed by atoms with E-state index in [0.29, 0.717) is 22.2 Å². The van der Waals surface area contributed by atoms with Crippen molar-refractivity contribution < 1.29 is 9.34 Å². The van der Waals surface area contributed by atoms with Gasteiger partial charge in [0.2, 0.25) is 0 Å². The smallest absolute Gasteiger partial charge is 0.302 e. The highest BCUT2D eigenvalue weighted by molar-refractivity contribution is 7.22. The van der Waals surface area contributed by atoms with Gasteiger partial charge < -0.3 is 4.42 Å². The Kier molecular flexibility index (Phi) is 3.43. The summed E-state index contributed by atoms with van der Waals surface area (Å²) in [6.07, 6.45) is 0. The van der Waals surface area contributed by atoms with Crippen LogP contribution in [0.3, 0.4) is 0 Å². The minimum absolute atomic E-state index is 0.00288. The third-order valence-electron chi connectivity index (χ3n) is 4.03. The Morgan fingerprint density at radius 1 is 1.12 bits per heavy atom. The molecule has 4 rings (SSSR count). The predicted molar refractivity (Wildman–Crippen MR) is 97.8 cm³/mol. The first kappa shape index (κ1) is 15.5. The van der Waals surface area contributed by atoms with Gasteiger partial charge in [-0.15, -0.1) is 0 Å². The Morgan fingerprint density at radius 3 is 2.64 bits per heavy atom. The molecule has 0 aliphatic rings. The molecule has 0 atom stereocenters. The zero-order valence-corrected chi connectivity index (χ0v) is 14.6. The van der Waals surface area contributed by atoms with E-state index in [1.807, 2.05) is 39.0 Å². The Balaban J connectivity index is 1.76. The highest BCUT2D eigenvalue weighted by Crippen LogP contribution is 2.35. The molecule has 0 unspecified atom stereocenters. The summed E-state index contributed by atoms with van der Waals surface area (Å²) in [6, 6.07) is 7.63. The number of thiazole rings is 1. The SMILES string of the molecule is Cc1cc([N+](=O)[O-])c2nc(Nc3nc4cc(C)c(C)cc4o3)sc2c1. The molecule has 0 saturated heterocycles. The van der Waals surface area contributed by atoms with E-state index >= 15 is 0 Å². The molecule has 7 nitrogen and oxygen atoms in total. The van der Waals surface area contributed by atoms with Gasteiger partial charge >= 0.3 is 6.01 Å². The summed E-state index contributed by atoms with van der Waals surface area (Å²) in [5, 5.41) is 14.8. The van der Waals surface area contributed by atoms with Crippen LogP contribution in [0.1, 0.15) is 16.7 Å². The molecular weight excluding hydrogens is 340 g/mol. The lowest BCUT2D eigenvalue weighted by Gasteiger charge is -1.96. The molecule has 0 radical (unpaired) electrons. The van der Waals surface area contributed by atoms with Gasteiger partial charge in [-0.1, -0.05) is 11.3 Å². The first-order chi connectivity index (χ1) is 11.9. The van der Waals surface area contributed by atoms with E-state index in [2.05, 4.69) is 15.3 Å². The number of anilines is 2. The Morgan fingerprint density at radius 2 is 1.88 bits per heavy atom. The number of oxazole rings is 1. The molecule has 126 valence electrons. The largest absolute Gasteiger partial charge is 0.423 e. The van der Waals surface area contributed by atoms with Crippen LogP contribution in [0, 0.1) is 30.9 Å². The summed E-state index contributed by atoms with van der Waals surface area (Å²) < 4.78 is 6.46. The van der Waals surface area contributed by atoms with Crippen LogP contribution in [0.15, 0.2) is 28.7 Å². The van der Waals surface area contributed by atoms with E-state index in [1.165, 1.54) is 17.4 Å². The molecule has 0 saturated carbocycles. The molecule has 0 aliphatic heterocycles. The number of nitro groups is 1. The Hall–Kier alpha value is -3.00. The topological polar surface area (TPSA) is 94.1 Å². The zero-order chi connectivity index (χ0) is 17.7. The van der Waals surface area contributed by atoms with Crippen molar-refractivity contribution in [2.45, 2.75) is 20.8 Å². The molecular formula is C17H14N4O3S. The second-order valence-corrected chi connectivity index (χ2v) is 6.99. The van der Waals surface area contributed by atoms with E-state index in [1.54, 1.807) is 0 Å². The van der Waals surface area contributed by atoms with Crippen molar-refractivity contribution in [1.29, 1.82) is 0 Å². The van der Waals surface area contributed by atoms with Crippen LogP contribution in [0.2, 0.25) is 0 Å². The van der Waals surface area contributed by atoms with E-state index in [4.69, 9.17) is 4.42 Å². The van der Waals surface area contributed by atoms with Crippen molar-refractivity contribution in [1.82, 2.24) is 9.97 Å². The van der Waals surface area contributed by atoms with Gasteiger partial charge in [0, 0.05) is 6.07 Å². The molecule has 2 heterocycles. The van der Waals surface area contributed by atoms with Crippen molar-refractivity contribution in [2.75, 3.05) is 5.32 Å². The number of benzene rings is 2. The lowest BCUT2D eigenvalue weighted by molar-refractivity contribution is -0.383. The van der Waals surface area contributed by atoms with Crippen LogP contribution in [0.4, 0.5) is 16.8 Å². The molecule has 2 aromatic heterocycles. The van der Waals surface area contributed by atoms with E-state index in [9.17, 15) is 10.1 Å². The maximum atomic E-state index is 11.2. The molecule has 0 amide bonds. The fraction of sp³-hybridized carbons (Fsp3) is 0.176. The molecule has 4 aromatic rings. The van der Waals surface area contributed by atoms with Crippen LogP contribution in [-0.4, -0.2) is 14.9 Å². The summed E-state index contributed by atoms with van der Waals surface area (Å²) in [4.78, 5) is 19.6. The zero-order valence-electron chi connectivity index (χ0n) is 13.8. The van der Waals surface area contributed by atoms with Gasteiger partial charge in [-0.3, -0.25) is 15.4 Å². The van der Waals surface area contributed by atoms with Gasteiger partial charge in [0.15, 0.2) is 16.2 Å². The van der Waals surface area contributed by atoms with E-state index < -0.39 is 4.92 Å². The fourth-order valence-corrected chi connectivity index (χ4v) is 3.64. The lowest BCUT2D eigenvalue weighted by Crippen LogP contribution is -1.91. The van der Waals surface area contributed by atoms with Crippen LogP contribution in [0.5, 0.6) is 0 Å². The standard InChI is InChI=1S/C17H14N4O3S/c1-8-4-12(21(22)23)15-14(5-8)25-17(19-15)20-16-18-11-6-9(2)10(3)7-13(11)24-16/h4-7H,1-3H3,(H,18,19,20). The van der Waals surface area contributed by atoms with Crippen molar-refractivity contribution in [3.63, 3.8) is 0 Å². The average molecular weight is 354 g/mol. The second kappa shape index (κ2) is 5.52. The summed E-state index contributed by atoms with van der Waals surface area (Å²) in [5.74, 6) is 0. The molecule has 2 aromatic carbocycles. The Bertz CT molecular complexity index is 1110. The fourth-order valence-electron chi connectivity index (χ4n) is 2.66. The second-order valence-electron chi connectivity index (χ2n) is 5.96. The monoisotopic (exact) mass is 354 g/mol. The lowest BCUT2D eigenvalue weighted by atomic mass is 10.1. The number of hydrogen-bond acceptors (Lipinski definition) is 7. The molecule has 8 heteroatoms. The highest BCUT2D eigenvalue weighted by atomic mass is 32.1. The number of aromatic nitrogens is 2.